The molecule has 0 unspecified atom stereocenters. The number of carbonyl (C=O) groups excluding carboxylic acids is 1. The second kappa shape index (κ2) is 6.29. The van der Waals surface area contributed by atoms with E-state index in [-0.39, 0.29) is 0 Å². The SMILES string of the molecule is CCCOC(=O)Oc1c2c(C)cccc2cc2cccc(C)c12. The molecule has 0 aliphatic rings. The first-order valence-electron chi connectivity index (χ1n) is 7.88. The minimum atomic E-state index is -0.646. The van der Waals surface area contributed by atoms with E-state index >= 15 is 0 Å². The van der Waals surface area contributed by atoms with Gasteiger partial charge in [-0.1, -0.05) is 43.3 Å². The molecule has 3 aromatic carbocycles. The predicted molar refractivity (Wildman–Crippen MR) is 93.2 cm³/mol. The molecule has 0 amide bonds. The molecule has 0 spiro atoms. The van der Waals surface area contributed by atoms with Crippen molar-refractivity contribution in [2.24, 2.45) is 0 Å². The minimum Gasteiger partial charge on any atom is -0.434 e. The summed E-state index contributed by atoms with van der Waals surface area (Å²) in [5.74, 6) is 0.592. The average Bonchev–Trinajstić information content (AvgIpc) is 2.52. The maximum atomic E-state index is 12.0. The van der Waals surface area contributed by atoms with Crippen molar-refractivity contribution in [3.8, 4) is 5.75 Å². The number of hydrogen-bond donors (Lipinski definition) is 0. The Bertz CT molecular complexity index is 821. The maximum Gasteiger partial charge on any atom is 0.513 e. The monoisotopic (exact) mass is 308 g/mol. The van der Waals surface area contributed by atoms with E-state index in [0.717, 1.165) is 39.1 Å². The van der Waals surface area contributed by atoms with E-state index in [1.165, 1.54) is 0 Å². The number of fused-ring (bicyclic) bond motifs is 2. The Balaban J connectivity index is 2.26. The standard InChI is InChI=1S/C20H20O3/c1-4-11-22-20(21)23-19-17-13(2)7-5-9-15(17)12-16-10-6-8-14(3)18(16)19/h5-10,12H,4,11H2,1-3H3. The van der Waals surface area contributed by atoms with Gasteiger partial charge in [0.2, 0.25) is 0 Å². The molecular formula is C20H20O3. The van der Waals surface area contributed by atoms with Crippen LogP contribution < -0.4 is 4.74 Å². The molecule has 23 heavy (non-hydrogen) atoms. The van der Waals surface area contributed by atoms with Crippen LogP contribution in [0.25, 0.3) is 21.5 Å². The highest BCUT2D eigenvalue weighted by Gasteiger charge is 2.16. The molecule has 0 aliphatic carbocycles. The second-order valence-corrected chi connectivity index (χ2v) is 5.75. The van der Waals surface area contributed by atoms with Gasteiger partial charge in [-0.05, 0) is 48.2 Å². The summed E-state index contributed by atoms with van der Waals surface area (Å²) in [6.45, 7) is 6.36. The van der Waals surface area contributed by atoms with Gasteiger partial charge in [0.15, 0.2) is 5.75 Å². The van der Waals surface area contributed by atoms with Crippen LogP contribution in [0.2, 0.25) is 0 Å². The molecule has 0 heterocycles. The third kappa shape index (κ3) is 2.87. The zero-order valence-electron chi connectivity index (χ0n) is 13.7. The molecular weight excluding hydrogens is 288 g/mol. The van der Waals surface area contributed by atoms with Gasteiger partial charge in [-0.2, -0.15) is 0 Å². The van der Waals surface area contributed by atoms with Crippen molar-refractivity contribution in [3.63, 3.8) is 0 Å². The average molecular weight is 308 g/mol. The Morgan fingerprint density at radius 2 is 1.52 bits per heavy atom. The molecule has 3 heteroatoms. The summed E-state index contributed by atoms with van der Waals surface area (Å²) >= 11 is 0. The van der Waals surface area contributed by atoms with Gasteiger partial charge in [0.05, 0.1) is 6.61 Å². The van der Waals surface area contributed by atoms with Crippen LogP contribution in [0.5, 0.6) is 5.75 Å². The van der Waals surface area contributed by atoms with Crippen LogP contribution >= 0.6 is 0 Å². The fraction of sp³-hybridized carbons (Fsp3) is 0.250. The molecule has 0 N–H and O–H groups in total. The van der Waals surface area contributed by atoms with Gasteiger partial charge in [0.25, 0.3) is 0 Å². The zero-order chi connectivity index (χ0) is 16.4. The molecule has 0 saturated heterocycles. The van der Waals surface area contributed by atoms with Crippen LogP contribution in [0.4, 0.5) is 4.79 Å². The smallest absolute Gasteiger partial charge is 0.434 e. The van der Waals surface area contributed by atoms with E-state index in [1.54, 1.807) is 0 Å². The van der Waals surface area contributed by atoms with Crippen molar-refractivity contribution in [3.05, 3.63) is 53.6 Å². The number of carbonyl (C=O) groups is 1. The first-order valence-corrected chi connectivity index (χ1v) is 7.88. The van der Waals surface area contributed by atoms with Gasteiger partial charge in [0.1, 0.15) is 0 Å². The van der Waals surface area contributed by atoms with E-state index in [4.69, 9.17) is 9.47 Å². The Morgan fingerprint density at radius 3 is 2.04 bits per heavy atom. The summed E-state index contributed by atoms with van der Waals surface area (Å²) in [5, 5.41) is 4.04. The fourth-order valence-electron chi connectivity index (χ4n) is 2.93. The first-order chi connectivity index (χ1) is 11.1. The van der Waals surface area contributed by atoms with E-state index in [1.807, 2.05) is 57.2 Å². The molecule has 0 aromatic heterocycles. The largest absolute Gasteiger partial charge is 0.513 e. The molecule has 3 aromatic rings. The summed E-state index contributed by atoms with van der Waals surface area (Å²) in [7, 11) is 0. The molecule has 0 bridgehead atoms. The third-order valence-corrected chi connectivity index (χ3v) is 3.98. The molecule has 3 rings (SSSR count). The molecule has 0 radical (unpaired) electrons. The predicted octanol–water partition coefficient (Wildman–Crippen LogP) is 5.54. The van der Waals surface area contributed by atoms with E-state index in [2.05, 4.69) is 6.07 Å². The number of hydrogen-bond acceptors (Lipinski definition) is 3. The second-order valence-electron chi connectivity index (χ2n) is 5.75. The van der Waals surface area contributed by atoms with Crippen LogP contribution in [0, 0.1) is 13.8 Å². The zero-order valence-corrected chi connectivity index (χ0v) is 13.7. The van der Waals surface area contributed by atoms with Gasteiger partial charge in [-0.15, -0.1) is 0 Å². The molecule has 118 valence electrons. The Labute approximate surface area is 135 Å². The lowest BCUT2D eigenvalue weighted by Crippen LogP contribution is -2.12. The molecule has 0 aliphatic heterocycles. The number of ether oxygens (including phenoxy) is 2. The summed E-state index contributed by atoms with van der Waals surface area (Å²) in [6, 6.07) is 14.3. The number of rotatable bonds is 3. The lowest BCUT2D eigenvalue weighted by atomic mass is 9.96. The third-order valence-electron chi connectivity index (χ3n) is 3.98. The molecule has 0 fully saturated rings. The van der Waals surface area contributed by atoms with Crippen LogP contribution in [0.15, 0.2) is 42.5 Å². The van der Waals surface area contributed by atoms with Crippen LogP contribution in [0.3, 0.4) is 0 Å². The van der Waals surface area contributed by atoms with E-state index in [0.29, 0.717) is 12.4 Å². The highest BCUT2D eigenvalue weighted by Crippen LogP contribution is 2.38. The summed E-state index contributed by atoms with van der Waals surface area (Å²) in [4.78, 5) is 12.0. The fourth-order valence-corrected chi connectivity index (χ4v) is 2.93. The number of benzene rings is 3. The van der Waals surface area contributed by atoms with Gasteiger partial charge >= 0.3 is 6.16 Å². The van der Waals surface area contributed by atoms with Crippen molar-refractivity contribution >= 4 is 27.7 Å². The van der Waals surface area contributed by atoms with Crippen molar-refractivity contribution < 1.29 is 14.3 Å². The minimum absolute atomic E-state index is 0.361. The summed E-state index contributed by atoms with van der Waals surface area (Å²) in [6.07, 6.45) is 0.121. The lowest BCUT2D eigenvalue weighted by molar-refractivity contribution is 0.100. The Kier molecular flexibility index (Phi) is 4.20. The Morgan fingerprint density at radius 1 is 0.957 bits per heavy atom. The molecule has 0 atom stereocenters. The van der Waals surface area contributed by atoms with Gasteiger partial charge < -0.3 is 9.47 Å². The van der Waals surface area contributed by atoms with Crippen LogP contribution in [0.1, 0.15) is 24.5 Å². The first kappa shape index (κ1) is 15.3. The summed E-state index contributed by atoms with van der Waals surface area (Å²) < 4.78 is 10.8. The summed E-state index contributed by atoms with van der Waals surface area (Å²) in [5.41, 5.74) is 2.15. The van der Waals surface area contributed by atoms with Crippen LogP contribution in [-0.2, 0) is 4.74 Å². The number of aryl methyl sites for hydroxylation is 2. The topological polar surface area (TPSA) is 35.5 Å². The maximum absolute atomic E-state index is 12.0. The van der Waals surface area contributed by atoms with Crippen molar-refractivity contribution in [1.29, 1.82) is 0 Å². The van der Waals surface area contributed by atoms with Crippen LogP contribution in [-0.4, -0.2) is 12.8 Å². The van der Waals surface area contributed by atoms with E-state index < -0.39 is 6.16 Å². The van der Waals surface area contributed by atoms with Gasteiger partial charge in [-0.3, -0.25) is 0 Å². The molecule has 3 nitrogen and oxygen atoms in total. The highest BCUT2D eigenvalue weighted by molar-refractivity contribution is 6.08. The quantitative estimate of drug-likeness (QED) is 0.362. The van der Waals surface area contributed by atoms with Crippen molar-refractivity contribution in [2.75, 3.05) is 6.61 Å². The highest BCUT2D eigenvalue weighted by atomic mass is 16.7. The normalized spacial score (nSPS) is 10.9. The molecule has 0 saturated carbocycles. The van der Waals surface area contributed by atoms with Crippen molar-refractivity contribution in [1.82, 2.24) is 0 Å². The lowest BCUT2D eigenvalue weighted by Gasteiger charge is -2.15. The Hall–Kier alpha value is -2.55. The van der Waals surface area contributed by atoms with Crippen molar-refractivity contribution in [2.45, 2.75) is 27.2 Å². The van der Waals surface area contributed by atoms with Gasteiger partial charge in [-0.25, -0.2) is 4.79 Å². The van der Waals surface area contributed by atoms with Gasteiger partial charge in [0, 0.05) is 10.8 Å². The van der Waals surface area contributed by atoms with E-state index in [9.17, 15) is 4.79 Å².